The quantitative estimate of drug-likeness (QED) is 0.783. The molecule has 3 heterocycles. The van der Waals surface area contributed by atoms with Crippen molar-refractivity contribution in [1.82, 2.24) is 14.7 Å². The fourth-order valence-corrected chi connectivity index (χ4v) is 4.06. The zero-order valence-electron chi connectivity index (χ0n) is 13.0. The number of hydrogen-bond acceptors (Lipinski definition) is 3. The third-order valence-electron chi connectivity index (χ3n) is 4.35. The van der Waals surface area contributed by atoms with E-state index in [1.54, 1.807) is 0 Å². The summed E-state index contributed by atoms with van der Waals surface area (Å²) in [6.07, 6.45) is 5.77. The molecule has 0 radical (unpaired) electrons. The normalized spacial score (nSPS) is 19.9. The van der Waals surface area contributed by atoms with E-state index in [0.717, 1.165) is 24.2 Å². The Balaban J connectivity index is 1.29. The van der Waals surface area contributed by atoms with E-state index >= 15 is 0 Å². The van der Waals surface area contributed by atoms with Gasteiger partial charge in [-0.1, -0.05) is 6.07 Å². The fraction of sp³-hybridized carbons (Fsp3) is 0.333. The van der Waals surface area contributed by atoms with E-state index < -0.39 is 0 Å². The Morgan fingerprint density at radius 3 is 3.09 bits per heavy atom. The van der Waals surface area contributed by atoms with Gasteiger partial charge in [0.15, 0.2) is 0 Å². The number of aryl methyl sites for hydroxylation is 1. The van der Waals surface area contributed by atoms with E-state index in [0.29, 0.717) is 12.5 Å². The molecule has 4 rings (SSSR count). The maximum absolute atomic E-state index is 12.2. The van der Waals surface area contributed by atoms with Crippen molar-refractivity contribution in [2.45, 2.75) is 25.7 Å². The van der Waals surface area contributed by atoms with Gasteiger partial charge in [0.05, 0.1) is 5.69 Å². The van der Waals surface area contributed by atoms with Crippen molar-refractivity contribution in [2.24, 2.45) is 5.92 Å². The minimum absolute atomic E-state index is 0.161. The molecule has 1 N–H and O–H groups in total. The van der Waals surface area contributed by atoms with Crippen LogP contribution in [-0.2, 0) is 11.2 Å². The zero-order valence-corrected chi connectivity index (χ0v) is 13.8. The molecule has 1 saturated carbocycles. The van der Waals surface area contributed by atoms with Crippen molar-refractivity contribution < 1.29 is 4.79 Å². The smallest absolute Gasteiger partial charge is 0.223 e. The summed E-state index contributed by atoms with van der Waals surface area (Å²) in [5.41, 5.74) is 1.96. The van der Waals surface area contributed by atoms with Crippen molar-refractivity contribution >= 4 is 22.9 Å². The molecule has 23 heavy (non-hydrogen) atoms. The standard InChI is InChI=1S/C18H19N3OS/c1-12-5-6-16(23-12)14-10-15(14)18(22)19-8-7-13-11-21-9-3-2-4-17(21)20-13/h2-6,9,11,14-15H,7-8,10H2,1H3,(H,19,22)/t14-,15-/m1/s1. The van der Waals surface area contributed by atoms with E-state index in [1.165, 1.54) is 9.75 Å². The lowest BCUT2D eigenvalue weighted by atomic mass is 10.2. The number of hydrogen-bond donors (Lipinski definition) is 1. The van der Waals surface area contributed by atoms with Crippen LogP contribution in [0.4, 0.5) is 0 Å². The van der Waals surface area contributed by atoms with Crippen LogP contribution >= 0.6 is 11.3 Å². The van der Waals surface area contributed by atoms with Gasteiger partial charge in [-0.25, -0.2) is 4.98 Å². The van der Waals surface area contributed by atoms with Crippen LogP contribution in [0, 0.1) is 12.8 Å². The summed E-state index contributed by atoms with van der Waals surface area (Å²) in [4.78, 5) is 19.4. The topological polar surface area (TPSA) is 46.4 Å². The van der Waals surface area contributed by atoms with Crippen LogP contribution in [0.3, 0.4) is 0 Å². The third-order valence-corrected chi connectivity index (χ3v) is 5.48. The predicted molar refractivity (Wildman–Crippen MR) is 91.8 cm³/mol. The number of nitrogens with one attached hydrogen (secondary N) is 1. The third kappa shape index (κ3) is 3.01. The summed E-state index contributed by atoms with van der Waals surface area (Å²) in [6, 6.07) is 10.2. The van der Waals surface area contributed by atoms with Crippen LogP contribution in [0.5, 0.6) is 0 Å². The lowest BCUT2D eigenvalue weighted by molar-refractivity contribution is -0.122. The second kappa shape index (κ2) is 5.81. The molecule has 1 aliphatic carbocycles. The number of thiophene rings is 1. The summed E-state index contributed by atoms with van der Waals surface area (Å²) in [5.74, 6) is 0.780. The lowest BCUT2D eigenvalue weighted by Gasteiger charge is -2.03. The number of nitrogens with zero attached hydrogens (tertiary/aromatic N) is 2. The average Bonchev–Trinajstić information content (AvgIpc) is 3.05. The van der Waals surface area contributed by atoms with Crippen molar-refractivity contribution in [3.8, 4) is 0 Å². The Hall–Kier alpha value is -2.14. The van der Waals surface area contributed by atoms with Gasteiger partial charge in [0.25, 0.3) is 0 Å². The first-order valence-corrected chi connectivity index (χ1v) is 8.79. The molecule has 0 unspecified atom stereocenters. The predicted octanol–water partition coefficient (Wildman–Crippen LogP) is 3.17. The highest BCUT2D eigenvalue weighted by Crippen LogP contribution is 2.49. The molecule has 0 saturated heterocycles. The molecule has 2 atom stereocenters. The summed E-state index contributed by atoms with van der Waals surface area (Å²) < 4.78 is 2.01. The van der Waals surface area contributed by atoms with E-state index in [-0.39, 0.29) is 11.8 Å². The van der Waals surface area contributed by atoms with Crippen molar-refractivity contribution in [2.75, 3.05) is 6.54 Å². The van der Waals surface area contributed by atoms with Crippen molar-refractivity contribution in [3.63, 3.8) is 0 Å². The Bertz CT molecular complexity index is 818. The summed E-state index contributed by atoms with van der Waals surface area (Å²) in [5, 5.41) is 3.06. The number of aromatic nitrogens is 2. The molecule has 118 valence electrons. The first-order valence-electron chi connectivity index (χ1n) is 7.97. The molecular weight excluding hydrogens is 306 g/mol. The Morgan fingerprint density at radius 2 is 2.30 bits per heavy atom. The van der Waals surface area contributed by atoms with Gasteiger partial charge in [-0.2, -0.15) is 0 Å². The monoisotopic (exact) mass is 325 g/mol. The zero-order chi connectivity index (χ0) is 15.8. The van der Waals surface area contributed by atoms with Gasteiger partial charge >= 0.3 is 0 Å². The fourth-order valence-electron chi connectivity index (χ4n) is 3.00. The molecule has 1 amide bonds. The van der Waals surface area contributed by atoms with E-state index in [9.17, 15) is 4.79 Å². The summed E-state index contributed by atoms with van der Waals surface area (Å²) in [6.45, 7) is 2.76. The highest BCUT2D eigenvalue weighted by molar-refractivity contribution is 7.12. The molecular formula is C18H19N3OS. The molecule has 4 nitrogen and oxygen atoms in total. The lowest BCUT2D eigenvalue weighted by Crippen LogP contribution is -2.27. The SMILES string of the molecule is Cc1ccc([C@@H]2C[C@H]2C(=O)NCCc2cn3ccccc3n2)s1. The van der Waals surface area contributed by atoms with Crippen LogP contribution < -0.4 is 5.32 Å². The summed E-state index contributed by atoms with van der Waals surface area (Å²) >= 11 is 1.81. The van der Waals surface area contributed by atoms with Crippen LogP contribution in [0.15, 0.2) is 42.7 Å². The van der Waals surface area contributed by atoms with Gasteiger partial charge in [-0.3, -0.25) is 4.79 Å². The van der Waals surface area contributed by atoms with Gasteiger partial charge in [-0.05, 0) is 37.6 Å². The largest absolute Gasteiger partial charge is 0.355 e. The van der Waals surface area contributed by atoms with Crippen molar-refractivity contribution in [3.05, 3.63) is 58.2 Å². The molecule has 0 aliphatic heterocycles. The summed E-state index contributed by atoms with van der Waals surface area (Å²) in [7, 11) is 0. The minimum Gasteiger partial charge on any atom is -0.355 e. The van der Waals surface area contributed by atoms with Crippen LogP contribution in [0.1, 0.15) is 27.8 Å². The van der Waals surface area contributed by atoms with E-state index in [2.05, 4.69) is 29.4 Å². The molecule has 1 fully saturated rings. The minimum atomic E-state index is 0.161. The molecule has 0 spiro atoms. The molecule has 0 bridgehead atoms. The van der Waals surface area contributed by atoms with Gasteiger partial charge in [0.2, 0.25) is 5.91 Å². The first-order chi connectivity index (χ1) is 11.2. The Morgan fingerprint density at radius 1 is 1.39 bits per heavy atom. The van der Waals surface area contributed by atoms with E-state index in [1.807, 2.05) is 46.3 Å². The Kier molecular flexibility index (Phi) is 3.65. The molecule has 1 aliphatic rings. The number of carbonyl (C=O) groups excluding carboxylic acids is 1. The highest BCUT2D eigenvalue weighted by atomic mass is 32.1. The maximum Gasteiger partial charge on any atom is 0.223 e. The first kappa shape index (κ1) is 14.5. The Labute approximate surface area is 139 Å². The number of rotatable bonds is 5. The average molecular weight is 325 g/mol. The molecule has 3 aromatic heterocycles. The van der Waals surface area contributed by atoms with Crippen molar-refractivity contribution in [1.29, 1.82) is 0 Å². The van der Waals surface area contributed by atoms with E-state index in [4.69, 9.17) is 0 Å². The molecule has 0 aromatic carbocycles. The van der Waals surface area contributed by atoms with Crippen LogP contribution in [0.2, 0.25) is 0 Å². The number of fused-ring (bicyclic) bond motifs is 1. The van der Waals surface area contributed by atoms with Crippen LogP contribution in [-0.4, -0.2) is 21.8 Å². The van der Waals surface area contributed by atoms with Gasteiger partial charge in [-0.15, -0.1) is 11.3 Å². The number of amides is 1. The number of pyridine rings is 1. The highest BCUT2D eigenvalue weighted by Gasteiger charge is 2.44. The second-order valence-corrected chi connectivity index (χ2v) is 7.46. The van der Waals surface area contributed by atoms with Gasteiger partial charge < -0.3 is 9.72 Å². The second-order valence-electron chi connectivity index (χ2n) is 6.14. The number of carbonyl (C=O) groups is 1. The maximum atomic E-state index is 12.2. The van der Waals surface area contributed by atoms with Gasteiger partial charge in [0, 0.05) is 46.9 Å². The van der Waals surface area contributed by atoms with Gasteiger partial charge in [0.1, 0.15) is 5.65 Å². The number of imidazole rings is 1. The molecule has 5 heteroatoms. The molecule has 3 aromatic rings. The van der Waals surface area contributed by atoms with Crippen LogP contribution in [0.25, 0.3) is 5.65 Å².